The number of thioether (sulfide) groups is 1. The standard InChI is InChI=1S/C11H22N2OS/c1-15-8-2-6-13-11(14)4-3-10-5-7-12-9-10/h10,12H,2-9H2,1H3,(H,13,14). The van der Waals surface area contributed by atoms with Gasteiger partial charge < -0.3 is 10.6 Å². The molecule has 1 atom stereocenters. The summed E-state index contributed by atoms with van der Waals surface area (Å²) in [6, 6.07) is 0. The Morgan fingerprint density at radius 1 is 1.60 bits per heavy atom. The Hall–Kier alpha value is -0.220. The van der Waals surface area contributed by atoms with E-state index in [1.54, 1.807) is 0 Å². The smallest absolute Gasteiger partial charge is 0.220 e. The Morgan fingerprint density at radius 3 is 3.13 bits per heavy atom. The second-order valence-corrected chi connectivity index (χ2v) is 5.08. The predicted octanol–water partition coefficient (Wildman–Crippen LogP) is 1.25. The summed E-state index contributed by atoms with van der Waals surface area (Å²) in [6.45, 7) is 3.06. The molecule has 0 saturated carbocycles. The van der Waals surface area contributed by atoms with E-state index in [0.29, 0.717) is 6.42 Å². The minimum atomic E-state index is 0.225. The predicted molar refractivity (Wildman–Crippen MR) is 66.2 cm³/mol. The fourth-order valence-corrected chi connectivity index (χ4v) is 2.26. The van der Waals surface area contributed by atoms with Crippen molar-refractivity contribution in [2.75, 3.05) is 31.6 Å². The van der Waals surface area contributed by atoms with Crippen LogP contribution in [0.4, 0.5) is 0 Å². The molecular formula is C11H22N2OS. The molecule has 2 N–H and O–H groups in total. The van der Waals surface area contributed by atoms with Crippen LogP contribution in [0, 0.1) is 5.92 Å². The van der Waals surface area contributed by atoms with Crippen molar-refractivity contribution in [2.45, 2.75) is 25.7 Å². The highest BCUT2D eigenvalue weighted by molar-refractivity contribution is 7.98. The molecule has 0 aromatic heterocycles. The summed E-state index contributed by atoms with van der Waals surface area (Å²) >= 11 is 1.83. The van der Waals surface area contributed by atoms with E-state index < -0.39 is 0 Å². The Labute approximate surface area is 96.8 Å². The van der Waals surface area contributed by atoms with Gasteiger partial charge in [0.2, 0.25) is 5.91 Å². The van der Waals surface area contributed by atoms with E-state index in [2.05, 4.69) is 16.9 Å². The lowest BCUT2D eigenvalue weighted by Gasteiger charge is -2.08. The topological polar surface area (TPSA) is 41.1 Å². The Kier molecular flexibility index (Phi) is 6.85. The first-order valence-corrected chi connectivity index (χ1v) is 7.18. The van der Waals surface area contributed by atoms with Gasteiger partial charge in [-0.25, -0.2) is 0 Å². The van der Waals surface area contributed by atoms with Crippen LogP contribution in [-0.4, -0.2) is 37.6 Å². The van der Waals surface area contributed by atoms with Gasteiger partial charge in [-0.3, -0.25) is 4.79 Å². The summed E-state index contributed by atoms with van der Waals surface area (Å²) < 4.78 is 0. The maximum atomic E-state index is 11.4. The molecule has 0 radical (unpaired) electrons. The fraction of sp³-hybridized carbons (Fsp3) is 0.909. The average Bonchev–Trinajstić information content (AvgIpc) is 2.74. The van der Waals surface area contributed by atoms with Crippen LogP contribution in [-0.2, 0) is 4.79 Å². The van der Waals surface area contributed by atoms with Crippen molar-refractivity contribution in [3.63, 3.8) is 0 Å². The Bertz CT molecular complexity index is 181. The van der Waals surface area contributed by atoms with Crippen LogP contribution in [0.3, 0.4) is 0 Å². The van der Waals surface area contributed by atoms with Crippen molar-refractivity contribution in [3.05, 3.63) is 0 Å². The molecule has 0 bridgehead atoms. The van der Waals surface area contributed by atoms with E-state index in [4.69, 9.17) is 0 Å². The number of carbonyl (C=O) groups excluding carboxylic acids is 1. The lowest BCUT2D eigenvalue weighted by molar-refractivity contribution is -0.121. The van der Waals surface area contributed by atoms with E-state index >= 15 is 0 Å². The van der Waals surface area contributed by atoms with Crippen molar-refractivity contribution in [1.29, 1.82) is 0 Å². The van der Waals surface area contributed by atoms with Gasteiger partial charge in [-0.2, -0.15) is 11.8 Å². The second kappa shape index (κ2) is 7.99. The first-order valence-electron chi connectivity index (χ1n) is 5.79. The number of hydrogen-bond acceptors (Lipinski definition) is 3. The summed E-state index contributed by atoms with van der Waals surface area (Å²) in [5.41, 5.74) is 0. The van der Waals surface area contributed by atoms with Gasteiger partial charge in [0.25, 0.3) is 0 Å². The molecule has 3 nitrogen and oxygen atoms in total. The SMILES string of the molecule is CSCCCNC(=O)CCC1CCNC1. The van der Waals surface area contributed by atoms with Gasteiger partial charge in [0.1, 0.15) is 0 Å². The van der Waals surface area contributed by atoms with Gasteiger partial charge in [-0.05, 0) is 50.3 Å². The summed E-state index contributed by atoms with van der Waals surface area (Å²) in [7, 11) is 0. The van der Waals surface area contributed by atoms with E-state index in [1.165, 1.54) is 6.42 Å². The van der Waals surface area contributed by atoms with Crippen molar-refractivity contribution < 1.29 is 4.79 Å². The zero-order valence-corrected chi connectivity index (χ0v) is 10.4. The number of nitrogens with one attached hydrogen (secondary N) is 2. The highest BCUT2D eigenvalue weighted by Gasteiger charge is 2.15. The monoisotopic (exact) mass is 230 g/mol. The molecule has 0 aromatic carbocycles. The molecule has 4 heteroatoms. The van der Waals surface area contributed by atoms with Crippen molar-refractivity contribution in [3.8, 4) is 0 Å². The summed E-state index contributed by atoms with van der Waals surface area (Å²) in [6.07, 6.45) is 6.15. The molecule has 1 heterocycles. The zero-order chi connectivity index (χ0) is 10.9. The first-order chi connectivity index (χ1) is 7.33. The second-order valence-electron chi connectivity index (χ2n) is 4.09. The molecule has 1 aliphatic heterocycles. The van der Waals surface area contributed by atoms with Crippen LogP contribution >= 0.6 is 11.8 Å². The highest BCUT2D eigenvalue weighted by Crippen LogP contribution is 2.13. The fourth-order valence-electron chi connectivity index (χ4n) is 1.83. The van der Waals surface area contributed by atoms with E-state index in [9.17, 15) is 4.79 Å². The molecule has 15 heavy (non-hydrogen) atoms. The molecule has 1 amide bonds. The van der Waals surface area contributed by atoms with Crippen LogP contribution < -0.4 is 10.6 Å². The normalized spacial score (nSPS) is 20.5. The molecule has 1 aliphatic rings. The summed E-state index contributed by atoms with van der Waals surface area (Å²) in [5, 5.41) is 6.29. The maximum Gasteiger partial charge on any atom is 0.220 e. The van der Waals surface area contributed by atoms with Crippen LogP contribution in [0.15, 0.2) is 0 Å². The molecule has 1 fully saturated rings. The average molecular weight is 230 g/mol. The highest BCUT2D eigenvalue weighted by atomic mass is 32.2. The number of hydrogen-bond donors (Lipinski definition) is 2. The quantitative estimate of drug-likeness (QED) is 0.647. The molecule has 1 saturated heterocycles. The van der Waals surface area contributed by atoms with Crippen LogP contribution in [0.1, 0.15) is 25.7 Å². The third-order valence-electron chi connectivity index (χ3n) is 2.79. The van der Waals surface area contributed by atoms with Gasteiger partial charge >= 0.3 is 0 Å². The third-order valence-corrected chi connectivity index (χ3v) is 3.49. The van der Waals surface area contributed by atoms with E-state index in [1.807, 2.05) is 11.8 Å². The van der Waals surface area contributed by atoms with Gasteiger partial charge in [0, 0.05) is 13.0 Å². The van der Waals surface area contributed by atoms with Crippen LogP contribution in [0.25, 0.3) is 0 Å². The van der Waals surface area contributed by atoms with Gasteiger partial charge in [0.05, 0.1) is 0 Å². The first kappa shape index (κ1) is 12.8. The number of rotatable bonds is 7. The van der Waals surface area contributed by atoms with Gasteiger partial charge in [-0.15, -0.1) is 0 Å². The molecular weight excluding hydrogens is 208 g/mol. The van der Waals surface area contributed by atoms with Crippen molar-refractivity contribution in [2.24, 2.45) is 5.92 Å². The van der Waals surface area contributed by atoms with Crippen molar-refractivity contribution >= 4 is 17.7 Å². The maximum absolute atomic E-state index is 11.4. The lowest BCUT2D eigenvalue weighted by Crippen LogP contribution is -2.25. The van der Waals surface area contributed by atoms with Gasteiger partial charge in [-0.1, -0.05) is 0 Å². The molecule has 0 aliphatic carbocycles. The van der Waals surface area contributed by atoms with E-state index in [0.717, 1.165) is 44.1 Å². The summed E-state index contributed by atoms with van der Waals surface area (Å²) in [5.74, 6) is 2.08. The molecule has 1 rings (SSSR count). The molecule has 0 aromatic rings. The molecule has 0 spiro atoms. The lowest BCUT2D eigenvalue weighted by atomic mass is 10.0. The zero-order valence-electron chi connectivity index (χ0n) is 9.55. The molecule has 88 valence electrons. The largest absolute Gasteiger partial charge is 0.356 e. The number of carbonyl (C=O) groups is 1. The van der Waals surface area contributed by atoms with E-state index in [-0.39, 0.29) is 5.91 Å². The minimum Gasteiger partial charge on any atom is -0.356 e. The van der Waals surface area contributed by atoms with Crippen molar-refractivity contribution in [1.82, 2.24) is 10.6 Å². The van der Waals surface area contributed by atoms with Gasteiger partial charge in [0.15, 0.2) is 0 Å². The van der Waals surface area contributed by atoms with Crippen LogP contribution in [0.5, 0.6) is 0 Å². The minimum absolute atomic E-state index is 0.225. The number of amides is 1. The Balaban J connectivity index is 1.93. The molecule has 1 unspecified atom stereocenters. The third kappa shape index (κ3) is 6.05. The van der Waals surface area contributed by atoms with Crippen LogP contribution in [0.2, 0.25) is 0 Å². The Morgan fingerprint density at radius 2 is 2.47 bits per heavy atom. The summed E-state index contributed by atoms with van der Waals surface area (Å²) in [4.78, 5) is 11.4.